The summed E-state index contributed by atoms with van der Waals surface area (Å²) in [5.41, 5.74) is 2.78. The van der Waals surface area contributed by atoms with E-state index in [1.54, 1.807) is 13.2 Å². The number of hydrogen-bond acceptors (Lipinski definition) is 5. The van der Waals surface area contributed by atoms with Crippen LogP contribution in [0.5, 0.6) is 5.75 Å². The van der Waals surface area contributed by atoms with Crippen LogP contribution in [0.2, 0.25) is 0 Å². The molecule has 0 radical (unpaired) electrons. The molecule has 1 aromatic heterocycles. The number of aryl methyl sites for hydroxylation is 2. The summed E-state index contributed by atoms with van der Waals surface area (Å²) in [6.07, 6.45) is 0. The van der Waals surface area contributed by atoms with E-state index in [2.05, 4.69) is 10.1 Å². The zero-order valence-corrected chi connectivity index (χ0v) is 14.4. The summed E-state index contributed by atoms with van der Waals surface area (Å²) in [7, 11) is 1.61. The molecule has 1 fully saturated rings. The molecule has 0 atom stereocenters. The van der Waals surface area contributed by atoms with E-state index < -0.39 is 0 Å². The van der Waals surface area contributed by atoms with Crippen molar-refractivity contribution in [1.82, 2.24) is 15.0 Å². The molecule has 0 bridgehead atoms. The Bertz CT molecular complexity index is 699. The first-order valence-electron chi connectivity index (χ1n) is 8.16. The first-order valence-corrected chi connectivity index (χ1v) is 8.16. The number of rotatable bonds is 4. The highest BCUT2D eigenvalue weighted by Crippen LogP contribution is 2.18. The van der Waals surface area contributed by atoms with Crippen molar-refractivity contribution < 1.29 is 14.1 Å². The van der Waals surface area contributed by atoms with Crippen molar-refractivity contribution in [2.24, 2.45) is 0 Å². The molecule has 0 N–H and O–H groups in total. The highest BCUT2D eigenvalue weighted by Gasteiger charge is 2.23. The number of aromatic nitrogens is 1. The molecule has 1 amide bonds. The quantitative estimate of drug-likeness (QED) is 0.861. The molecule has 128 valence electrons. The fourth-order valence-corrected chi connectivity index (χ4v) is 3.00. The maximum Gasteiger partial charge on any atom is 0.254 e. The van der Waals surface area contributed by atoms with Gasteiger partial charge in [0.25, 0.3) is 5.91 Å². The third-order valence-electron chi connectivity index (χ3n) is 4.54. The second kappa shape index (κ2) is 7.05. The number of carbonyl (C=O) groups excluding carboxylic acids is 1. The molecule has 0 unspecified atom stereocenters. The molecule has 2 aromatic rings. The van der Waals surface area contributed by atoms with Gasteiger partial charge in [-0.2, -0.15) is 0 Å². The lowest BCUT2D eigenvalue weighted by atomic mass is 10.1. The van der Waals surface area contributed by atoms with E-state index in [1.807, 2.05) is 36.9 Å². The van der Waals surface area contributed by atoms with Crippen molar-refractivity contribution in [3.05, 3.63) is 46.8 Å². The van der Waals surface area contributed by atoms with Gasteiger partial charge in [0.1, 0.15) is 11.5 Å². The number of nitrogens with zero attached hydrogens (tertiary/aromatic N) is 3. The van der Waals surface area contributed by atoms with E-state index in [0.717, 1.165) is 49.7 Å². The van der Waals surface area contributed by atoms with Gasteiger partial charge in [-0.05, 0) is 32.0 Å². The highest BCUT2D eigenvalue weighted by atomic mass is 16.5. The molecule has 0 aliphatic carbocycles. The predicted molar refractivity (Wildman–Crippen MR) is 90.2 cm³/mol. The zero-order chi connectivity index (χ0) is 17.1. The van der Waals surface area contributed by atoms with Crippen LogP contribution in [0.3, 0.4) is 0 Å². The molecule has 1 aliphatic heterocycles. The van der Waals surface area contributed by atoms with Crippen molar-refractivity contribution in [2.75, 3.05) is 33.3 Å². The van der Waals surface area contributed by atoms with Crippen LogP contribution in [0, 0.1) is 13.8 Å². The van der Waals surface area contributed by atoms with Crippen LogP contribution in [0.1, 0.15) is 27.4 Å². The summed E-state index contributed by atoms with van der Waals surface area (Å²) < 4.78 is 10.4. The smallest absolute Gasteiger partial charge is 0.254 e. The van der Waals surface area contributed by atoms with E-state index in [1.165, 1.54) is 0 Å². The van der Waals surface area contributed by atoms with Gasteiger partial charge >= 0.3 is 0 Å². The average Bonchev–Trinajstić information content (AvgIpc) is 2.94. The average molecular weight is 329 g/mol. The van der Waals surface area contributed by atoms with Gasteiger partial charge in [0.15, 0.2) is 0 Å². The van der Waals surface area contributed by atoms with E-state index in [9.17, 15) is 4.79 Å². The molecule has 1 aromatic carbocycles. The topological polar surface area (TPSA) is 58.8 Å². The van der Waals surface area contributed by atoms with Gasteiger partial charge in [-0.3, -0.25) is 9.69 Å². The monoisotopic (exact) mass is 329 g/mol. The Morgan fingerprint density at radius 2 is 2.00 bits per heavy atom. The fraction of sp³-hybridized carbons (Fsp3) is 0.444. The van der Waals surface area contributed by atoms with Gasteiger partial charge in [0.05, 0.1) is 12.8 Å². The first-order chi connectivity index (χ1) is 11.6. The van der Waals surface area contributed by atoms with Crippen molar-refractivity contribution in [3.8, 4) is 5.75 Å². The van der Waals surface area contributed by atoms with Crippen LogP contribution < -0.4 is 4.74 Å². The lowest BCUT2D eigenvalue weighted by Gasteiger charge is -2.34. The molecule has 0 saturated carbocycles. The lowest BCUT2D eigenvalue weighted by Crippen LogP contribution is -2.48. The molecule has 1 saturated heterocycles. The SMILES string of the molecule is COc1cccc(C(=O)N2CCN(Cc3c(C)noc3C)CC2)c1. The molecule has 1 aliphatic rings. The third-order valence-corrected chi connectivity index (χ3v) is 4.54. The van der Waals surface area contributed by atoms with Gasteiger partial charge in [-0.25, -0.2) is 0 Å². The van der Waals surface area contributed by atoms with Crippen LogP contribution in [0.25, 0.3) is 0 Å². The Morgan fingerprint density at radius 3 is 2.62 bits per heavy atom. The minimum absolute atomic E-state index is 0.0610. The van der Waals surface area contributed by atoms with Crippen LogP contribution in [0.4, 0.5) is 0 Å². The van der Waals surface area contributed by atoms with Gasteiger partial charge < -0.3 is 14.2 Å². The summed E-state index contributed by atoms with van der Waals surface area (Å²) in [6.45, 7) is 7.87. The Hall–Kier alpha value is -2.34. The number of carbonyl (C=O) groups is 1. The standard InChI is InChI=1S/C18H23N3O3/c1-13-17(14(2)24-19-13)12-20-7-9-21(10-8-20)18(22)15-5-4-6-16(11-15)23-3/h4-6,11H,7-10,12H2,1-3H3. The van der Waals surface area contributed by atoms with Gasteiger partial charge in [-0.15, -0.1) is 0 Å². The largest absolute Gasteiger partial charge is 0.497 e. The van der Waals surface area contributed by atoms with E-state index in [0.29, 0.717) is 11.3 Å². The number of amides is 1. The van der Waals surface area contributed by atoms with E-state index >= 15 is 0 Å². The second-order valence-electron chi connectivity index (χ2n) is 6.10. The highest BCUT2D eigenvalue weighted by molar-refractivity contribution is 5.94. The first kappa shape index (κ1) is 16.5. The van der Waals surface area contributed by atoms with Crippen molar-refractivity contribution >= 4 is 5.91 Å². The van der Waals surface area contributed by atoms with Gasteiger partial charge in [0, 0.05) is 43.9 Å². The third kappa shape index (κ3) is 3.43. The number of piperazine rings is 1. The maximum atomic E-state index is 12.6. The number of ether oxygens (including phenoxy) is 1. The van der Waals surface area contributed by atoms with E-state index in [4.69, 9.17) is 9.26 Å². The number of hydrogen-bond donors (Lipinski definition) is 0. The summed E-state index contributed by atoms with van der Waals surface area (Å²) in [5.74, 6) is 1.64. The van der Waals surface area contributed by atoms with Crippen LogP contribution in [-0.2, 0) is 6.54 Å². The lowest BCUT2D eigenvalue weighted by molar-refractivity contribution is 0.0627. The Kier molecular flexibility index (Phi) is 4.85. The minimum atomic E-state index is 0.0610. The predicted octanol–water partition coefficient (Wildman–Crippen LogP) is 2.26. The molecule has 0 spiro atoms. The maximum absolute atomic E-state index is 12.6. The minimum Gasteiger partial charge on any atom is -0.497 e. The van der Waals surface area contributed by atoms with Crippen LogP contribution >= 0.6 is 0 Å². The molecular formula is C18H23N3O3. The fourth-order valence-electron chi connectivity index (χ4n) is 3.00. The van der Waals surface area contributed by atoms with Gasteiger partial charge in [0.2, 0.25) is 0 Å². The number of methoxy groups -OCH3 is 1. The van der Waals surface area contributed by atoms with Crippen molar-refractivity contribution in [3.63, 3.8) is 0 Å². The molecule has 6 nitrogen and oxygen atoms in total. The summed E-state index contributed by atoms with van der Waals surface area (Å²) in [5, 5.41) is 4.00. The molecule has 24 heavy (non-hydrogen) atoms. The van der Waals surface area contributed by atoms with Crippen molar-refractivity contribution in [1.29, 1.82) is 0 Å². The summed E-state index contributed by atoms with van der Waals surface area (Å²) >= 11 is 0. The Morgan fingerprint density at radius 1 is 1.25 bits per heavy atom. The molecule has 2 heterocycles. The molecular weight excluding hydrogens is 306 g/mol. The normalized spacial score (nSPS) is 15.5. The van der Waals surface area contributed by atoms with Gasteiger partial charge in [-0.1, -0.05) is 11.2 Å². The van der Waals surface area contributed by atoms with Crippen LogP contribution in [0.15, 0.2) is 28.8 Å². The second-order valence-corrected chi connectivity index (χ2v) is 6.10. The van der Waals surface area contributed by atoms with E-state index in [-0.39, 0.29) is 5.91 Å². The van der Waals surface area contributed by atoms with Crippen molar-refractivity contribution in [2.45, 2.75) is 20.4 Å². The Balaban J connectivity index is 1.59. The molecule has 3 rings (SSSR count). The summed E-state index contributed by atoms with van der Waals surface area (Å²) in [6, 6.07) is 7.32. The summed E-state index contributed by atoms with van der Waals surface area (Å²) in [4.78, 5) is 16.9. The Labute approximate surface area is 142 Å². The molecule has 6 heteroatoms. The van der Waals surface area contributed by atoms with Crippen LogP contribution in [-0.4, -0.2) is 54.2 Å². The zero-order valence-electron chi connectivity index (χ0n) is 14.4. The number of benzene rings is 1.